The van der Waals surface area contributed by atoms with Crippen LogP contribution in [-0.4, -0.2) is 20.2 Å². The molecule has 1 aliphatic carbocycles. The summed E-state index contributed by atoms with van der Waals surface area (Å²) in [5.41, 5.74) is 0. The summed E-state index contributed by atoms with van der Waals surface area (Å²) in [5, 5.41) is 0. The van der Waals surface area contributed by atoms with Crippen LogP contribution in [0.4, 0.5) is 0 Å². The van der Waals surface area contributed by atoms with E-state index in [2.05, 4.69) is 11.6 Å². The van der Waals surface area contributed by atoms with E-state index >= 15 is 0 Å². The molecule has 0 spiro atoms. The molecule has 3 nitrogen and oxygen atoms in total. The highest BCUT2D eigenvalue weighted by molar-refractivity contribution is 7.89. The van der Waals surface area contributed by atoms with Gasteiger partial charge in [0.1, 0.15) is 0 Å². The molecule has 2 aliphatic rings. The van der Waals surface area contributed by atoms with E-state index in [1.807, 2.05) is 0 Å². The van der Waals surface area contributed by atoms with Gasteiger partial charge in [-0.3, -0.25) is 0 Å². The lowest BCUT2D eigenvalue weighted by molar-refractivity contribution is 0.268. The van der Waals surface area contributed by atoms with Gasteiger partial charge in [0, 0.05) is 6.04 Å². The zero-order chi connectivity index (χ0) is 8.77. The van der Waals surface area contributed by atoms with Gasteiger partial charge in [-0.1, -0.05) is 6.92 Å². The fourth-order valence-corrected chi connectivity index (χ4v) is 4.20. The minimum absolute atomic E-state index is 0.256. The molecular weight excluding hydrogens is 174 g/mol. The Morgan fingerprint density at radius 3 is 2.83 bits per heavy atom. The van der Waals surface area contributed by atoms with Crippen LogP contribution in [0.3, 0.4) is 0 Å². The molecule has 70 valence electrons. The van der Waals surface area contributed by atoms with Crippen molar-refractivity contribution in [1.82, 2.24) is 4.72 Å². The lowest BCUT2D eigenvalue weighted by atomic mass is 9.80. The van der Waals surface area contributed by atoms with E-state index in [1.54, 1.807) is 0 Å². The Morgan fingerprint density at radius 2 is 2.08 bits per heavy atom. The van der Waals surface area contributed by atoms with Gasteiger partial charge in [-0.05, 0) is 31.1 Å². The third-order valence-corrected chi connectivity index (χ3v) is 4.54. The molecule has 0 aromatic carbocycles. The maximum Gasteiger partial charge on any atom is 0.212 e. The second kappa shape index (κ2) is 2.70. The minimum atomic E-state index is -2.90. The lowest BCUT2D eigenvalue weighted by Crippen LogP contribution is -2.33. The van der Waals surface area contributed by atoms with Gasteiger partial charge in [-0.25, -0.2) is 13.1 Å². The van der Waals surface area contributed by atoms with Gasteiger partial charge >= 0.3 is 0 Å². The fourth-order valence-electron chi connectivity index (χ4n) is 2.40. The van der Waals surface area contributed by atoms with Crippen molar-refractivity contribution >= 4 is 10.0 Å². The first kappa shape index (κ1) is 8.51. The molecule has 0 amide bonds. The van der Waals surface area contributed by atoms with Gasteiger partial charge in [0.2, 0.25) is 10.0 Å². The summed E-state index contributed by atoms with van der Waals surface area (Å²) in [7, 11) is -2.90. The van der Waals surface area contributed by atoms with Crippen LogP contribution in [0.25, 0.3) is 0 Å². The van der Waals surface area contributed by atoms with Crippen molar-refractivity contribution in [2.45, 2.75) is 32.2 Å². The molecule has 0 aromatic rings. The van der Waals surface area contributed by atoms with Crippen molar-refractivity contribution < 1.29 is 8.42 Å². The van der Waals surface area contributed by atoms with E-state index < -0.39 is 10.0 Å². The van der Waals surface area contributed by atoms with Crippen molar-refractivity contribution in [1.29, 1.82) is 0 Å². The largest absolute Gasteiger partial charge is 0.212 e. The first-order valence-corrected chi connectivity index (χ1v) is 6.22. The molecule has 1 saturated heterocycles. The first-order chi connectivity index (χ1) is 5.57. The van der Waals surface area contributed by atoms with E-state index in [9.17, 15) is 8.42 Å². The number of hydrogen-bond donors (Lipinski definition) is 1. The van der Waals surface area contributed by atoms with Gasteiger partial charge in [-0.2, -0.15) is 0 Å². The van der Waals surface area contributed by atoms with E-state index in [1.165, 1.54) is 6.42 Å². The highest BCUT2D eigenvalue weighted by atomic mass is 32.2. The SMILES string of the molecule is CC1CCC2NS(=O)(=O)CC2C1. The number of nitrogens with one attached hydrogen (secondary N) is 1. The third-order valence-electron chi connectivity index (χ3n) is 3.01. The van der Waals surface area contributed by atoms with Gasteiger partial charge < -0.3 is 0 Å². The predicted octanol–water partition coefficient (Wildman–Crippen LogP) is 0.724. The second-order valence-corrected chi connectivity index (χ2v) is 5.98. The Kier molecular flexibility index (Phi) is 1.92. The maximum absolute atomic E-state index is 11.2. The van der Waals surface area contributed by atoms with Crippen molar-refractivity contribution in [3.63, 3.8) is 0 Å². The summed E-state index contributed by atoms with van der Waals surface area (Å²) in [6.45, 7) is 2.21. The molecule has 1 N–H and O–H groups in total. The summed E-state index contributed by atoms with van der Waals surface area (Å²) in [5.74, 6) is 1.46. The van der Waals surface area contributed by atoms with Crippen LogP contribution in [-0.2, 0) is 10.0 Å². The molecule has 4 heteroatoms. The molecule has 3 unspecified atom stereocenters. The Morgan fingerprint density at radius 1 is 1.33 bits per heavy atom. The average Bonchev–Trinajstić information content (AvgIpc) is 2.21. The monoisotopic (exact) mass is 189 g/mol. The fraction of sp³-hybridized carbons (Fsp3) is 1.00. The molecule has 12 heavy (non-hydrogen) atoms. The molecule has 2 rings (SSSR count). The molecule has 1 saturated carbocycles. The molecule has 3 atom stereocenters. The Hall–Kier alpha value is -0.0900. The van der Waals surface area contributed by atoms with Crippen LogP contribution in [0.2, 0.25) is 0 Å². The van der Waals surface area contributed by atoms with Crippen molar-refractivity contribution in [2.24, 2.45) is 11.8 Å². The second-order valence-electron chi connectivity index (χ2n) is 4.18. The van der Waals surface area contributed by atoms with Crippen molar-refractivity contribution in [3.05, 3.63) is 0 Å². The van der Waals surface area contributed by atoms with Crippen LogP contribution in [0.5, 0.6) is 0 Å². The molecule has 1 aliphatic heterocycles. The van der Waals surface area contributed by atoms with Gasteiger partial charge in [0.05, 0.1) is 5.75 Å². The van der Waals surface area contributed by atoms with E-state index in [0.29, 0.717) is 17.6 Å². The van der Waals surface area contributed by atoms with Gasteiger partial charge in [-0.15, -0.1) is 0 Å². The Balaban J connectivity index is 2.12. The van der Waals surface area contributed by atoms with E-state index in [4.69, 9.17) is 0 Å². The summed E-state index contributed by atoms with van der Waals surface area (Å²) in [6.07, 6.45) is 3.28. The van der Waals surface area contributed by atoms with Crippen LogP contribution in [0.15, 0.2) is 0 Å². The van der Waals surface area contributed by atoms with E-state index in [0.717, 1.165) is 12.8 Å². The normalized spacial score (nSPS) is 45.6. The topological polar surface area (TPSA) is 46.2 Å². The Labute approximate surface area is 73.6 Å². The standard InChI is InChI=1S/C8H15NO2S/c1-6-2-3-8-7(4-6)5-12(10,11)9-8/h6-9H,2-5H2,1H3. The number of sulfonamides is 1. The van der Waals surface area contributed by atoms with Crippen molar-refractivity contribution in [3.8, 4) is 0 Å². The summed E-state index contributed by atoms with van der Waals surface area (Å²) in [6, 6.07) is 0.256. The molecule has 0 radical (unpaired) electrons. The quantitative estimate of drug-likeness (QED) is 0.610. The first-order valence-electron chi connectivity index (χ1n) is 4.57. The maximum atomic E-state index is 11.2. The zero-order valence-electron chi connectivity index (χ0n) is 7.29. The van der Waals surface area contributed by atoms with Crippen LogP contribution in [0, 0.1) is 11.8 Å². The summed E-state index contributed by atoms with van der Waals surface area (Å²) in [4.78, 5) is 0. The number of fused-ring (bicyclic) bond motifs is 1. The van der Waals surface area contributed by atoms with E-state index in [-0.39, 0.29) is 6.04 Å². The molecule has 1 heterocycles. The Bertz CT molecular complexity index is 273. The van der Waals surface area contributed by atoms with Crippen LogP contribution >= 0.6 is 0 Å². The average molecular weight is 189 g/mol. The van der Waals surface area contributed by atoms with Gasteiger partial charge in [0.25, 0.3) is 0 Å². The molecule has 0 aromatic heterocycles. The summed E-state index contributed by atoms with van der Waals surface area (Å²) >= 11 is 0. The highest BCUT2D eigenvalue weighted by Gasteiger charge is 2.39. The van der Waals surface area contributed by atoms with Crippen LogP contribution < -0.4 is 4.72 Å². The van der Waals surface area contributed by atoms with Gasteiger partial charge in [0.15, 0.2) is 0 Å². The smallest absolute Gasteiger partial charge is 0.212 e. The highest BCUT2D eigenvalue weighted by Crippen LogP contribution is 2.33. The summed E-state index contributed by atoms with van der Waals surface area (Å²) < 4.78 is 25.1. The lowest BCUT2D eigenvalue weighted by Gasteiger charge is -2.27. The molecule has 2 fully saturated rings. The molecular formula is C8H15NO2S. The predicted molar refractivity (Wildman–Crippen MR) is 47.2 cm³/mol. The number of hydrogen-bond acceptors (Lipinski definition) is 2. The number of rotatable bonds is 0. The third kappa shape index (κ3) is 1.50. The molecule has 0 bridgehead atoms. The minimum Gasteiger partial charge on any atom is -0.212 e. The zero-order valence-corrected chi connectivity index (χ0v) is 8.10. The van der Waals surface area contributed by atoms with Crippen LogP contribution in [0.1, 0.15) is 26.2 Å². The van der Waals surface area contributed by atoms with Crippen molar-refractivity contribution in [2.75, 3.05) is 5.75 Å².